The molecule has 1 aliphatic rings. The highest BCUT2D eigenvalue weighted by Gasteiger charge is 2.16. The maximum Gasteiger partial charge on any atom is 0.186 e. The first-order valence-corrected chi connectivity index (χ1v) is 5.56. The minimum absolute atomic E-state index is 0.610. The Kier molecular flexibility index (Phi) is 2.71. The fourth-order valence-electron chi connectivity index (χ4n) is 1.39. The quantitative estimate of drug-likeness (QED) is 0.712. The lowest BCUT2D eigenvalue weighted by molar-refractivity contribution is 0.313. The number of likely N-dealkylation sites (N-methyl/N-ethyl adjacent to an activating group) is 1. The van der Waals surface area contributed by atoms with E-state index in [0.717, 1.165) is 31.3 Å². The minimum atomic E-state index is 0.610. The van der Waals surface area contributed by atoms with Crippen LogP contribution in [0, 0.1) is 0 Å². The monoisotopic (exact) mass is 217 g/mol. The average molecular weight is 218 g/mol. The number of hydrogen-bond acceptors (Lipinski definition) is 4. The number of halogens is 1. The van der Waals surface area contributed by atoms with Crippen molar-refractivity contribution in [2.45, 2.75) is 0 Å². The Labute approximate surface area is 86.9 Å². The molecule has 2 rings (SSSR count). The Morgan fingerprint density at radius 2 is 2.08 bits per heavy atom. The molecule has 0 aliphatic carbocycles. The van der Waals surface area contributed by atoms with E-state index in [1.54, 1.807) is 11.3 Å². The Hall–Kier alpha value is -0.320. The van der Waals surface area contributed by atoms with Crippen molar-refractivity contribution in [3.63, 3.8) is 0 Å². The van der Waals surface area contributed by atoms with Crippen molar-refractivity contribution in [1.82, 2.24) is 9.88 Å². The normalized spacial score (nSPS) is 19.4. The van der Waals surface area contributed by atoms with Gasteiger partial charge < -0.3 is 9.80 Å². The number of nitrogens with zero attached hydrogens (tertiary/aromatic N) is 3. The van der Waals surface area contributed by atoms with Crippen LogP contribution in [0.1, 0.15) is 0 Å². The number of anilines is 1. The van der Waals surface area contributed by atoms with Crippen molar-refractivity contribution in [3.05, 3.63) is 10.5 Å². The molecule has 0 saturated carbocycles. The predicted octanol–water partition coefficient (Wildman–Crippen LogP) is 1.55. The van der Waals surface area contributed by atoms with Crippen LogP contribution in [0.5, 0.6) is 0 Å². The zero-order chi connectivity index (χ0) is 9.26. The summed E-state index contributed by atoms with van der Waals surface area (Å²) in [4.78, 5) is 8.86. The molecule has 1 aromatic heterocycles. The van der Waals surface area contributed by atoms with Gasteiger partial charge in [0.15, 0.2) is 5.13 Å². The number of rotatable bonds is 1. The molecule has 1 aromatic rings. The summed E-state index contributed by atoms with van der Waals surface area (Å²) in [6.45, 7) is 4.33. The van der Waals surface area contributed by atoms with Gasteiger partial charge in [0, 0.05) is 31.6 Å². The molecule has 0 N–H and O–H groups in total. The first kappa shape index (κ1) is 9.24. The predicted molar refractivity (Wildman–Crippen MR) is 56.8 cm³/mol. The summed E-state index contributed by atoms with van der Waals surface area (Å²) in [5.41, 5.74) is 0. The number of piperazine rings is 1. The average Bonchev–Trinajstić information content (AvgIpc) is 2.53. The number of aromatic nitrogens is 1. The van der Waals surface area contributed by atoms with Crippen LogP contribution < -0.4 is 4.90 Å². The molecule has 1 aliphatic heterocycles. The third kappa shape index (κ3) is 2.13. The second-order valence-corrected chi connectivity index (χ2v) is 4.47. The minimum Gasteiger partial charge on any atom is -0.345 e. The molecule has 2 heterocycles. The maximum absolute atomic E-state index is 5.77. The van der Waals surface area contributed by atoms with Gasteiger partial charge in [-0.25, -0.2) is 4.98 Å². The smallest absolute Gasteiger partial charge is 0.186 e. The zero-order valence-electron chi connectivity index (χ0n) is 7.53. The van der Waals surface area contributed by atoms with E-state index in [-0.39, 0.29) is 0 Å². The summed E-state index contributed by atoms with van der Waals surface area (Å²) in [5.74, 6) is 0. The van der Waals surface area contributed by atoms with Gasteiger partial charge in [-0.1, -0.05) is 11.6 Å². The van der Waals surface area contributed by atoms with Gasteiger partial charge in [0.1, 0.15) is 5.15 Å². The number of hydrogen-bond donors (Lipinski definition) is 0. The molecule has 0 bridgehead atoms. The van der Waals surface area contributed by atoms with E-state index < -0.39 is 0 Å². The maximum atomic E-state index is 5.77. The van der Waals surface area contributed by atoms with Gasteiger partial charge in [-0.15, -0.1) is 11.3 Å². The van der Waals surface area contributed by atoms with Crippen LogP contribution in [0.2, 0.25) is 5.15 Å². The highest BCUT2D eigenvalue weighted by atomic mass is 35.5. The highest BCUT2D eigenvalue weighted by molar-refractivity contribution is 7.14. The molecule has 0 amide bonds. The van der Waals surface area contributed by atoms with Crippen LogP contribution in [0.3, 0.4) is 0 Å². The molecule has 0 aromatic carbocycles. The van der Waals surface area contributed by atoms with E-state index in [1.165, 1.54) is 0 Å². The van der Waals surface area contributed by atoms with Gasteiger partial charge in [-0.3, -0.25) is 0 Å². The van der Waals surface area contributed by atoms with E-state index in [2.05, 4.69) is 21.8 Å². The standard InChI is InChI=1S/C8H12ClN3S/c1-11-2-4-12(5-3-11)8-10-7(9)6-13-8/h6H,2-5H2,1H3. The van der Waals surface area contributed by atoms with Crippen molar-refractivity contribution < 1.29 is 0 Å². The van der Waals surface area contributed by atoms with E-state index >= 15 is 0 Å². The van der Waals surface area contributed by atoms with Crippen LogP contribution in [0.4, 0.5) is 5.13 Å². The molecule has 0 spiro atoms. The van der Waals surface area contributed by atoms with Gasteiger partial charge >= 0.3 is 0 Å². The molecule has 72 valence electrons. The Morgan fingerprint density at radius 3 is 2.62 bits per heavy atom. The Morgan fingerprint density at radius 1 is 1.38 bits per heavy atom. The van der Waals surface area contributed by atoms with Gasteiger partial charge in [0.2, 0.25) is 0 Å². The lowest BCUT2D eigenvalue weighted by Gasteiger charge is -2.31. The molecular formula is C8H12ClN3S. The third-order valence-corrected chi connectivity index (χ3v) is 3.46. The van der Waals surface area contributed by atoms with E-state index in [4.69, 9.17) is 11.6 Å². The molecule has 0 radical (unpaired) electrons. The fourth-order valence-corrected chi connectivity index (χ4v) is 2.39. The zero-order valence-corrected chi connectivity index (χ0v) is 9.11. The van der Waals surface area contributed by atoms with E-state index in [0.29, 0.717) is 5.15 Å². The summed E-state index contributed by atoms with van der Waals surface area (Å²) in [6, 6.07) is 0. The third-order valence-electron chi connectivity index (χ3n) is 2.24. The first-order valence-electron chi connectivity index (χ1n) is 4.30. The molecule has 3 nitrogen and oxygen atoms in total. The Balaban J connectivity index is 2.02. The SMILES string of the molecule is CN1CCN(c2nc(Cl)cs2)CC1. The lowest BCUT2D eigenvalue weighted by atomic mass is 10.3. The van der Waals surface area contributed by atoms with E-state index in [1.807, 2.05) is 5.38 Å². The Bertz CT molecular complexity index is 281. The van der Waals surface area contributed by atoms with Gasteiger partial charge in [0.05, 0.1) is 0 Å². The van der Waals surface area contributed by atoms with Crippen molar-refractivity contribution in [2.75, 3.05) is 38.1 Å². The highest BCUT2D eigenvalue weighted by Crippen LogP contribution is 2.23. The largest absolute Gasteiger partial charge is 0.345 e. The van der Waals surface area contributed by atoms with Crippen molar-refractivity contribution >= 4 is 28.1 Å². The summed E-state index contributed by atoms with van der Waals surface area (Å²) in [5, 5.41) is 3.55. The summed E-state index contributed by atoms with van der Waals surface area (Å²) >= 11 is 7.39. The topological polar surface area (TPSA) is 19.4 Å². The van der Waals surface area contributed by atoms with Crippen LogP contribution in [-0.4, -0.2) is 43.1 Å². The van der Waals surface area contributed by atoms with Crippen molar-refractivity contribution in [3.8, 4) is 0 Å². The molecule has 0 atom stereocenters. The van der Waals surface area contributed by atoms with Crippen LogP contribution in [0.25, 0.3) is 0 Å². The van der Waals surface area contributed by atoms with Crippen molar-refractivity contribution in [1.29, 1.82) is 0 Å². The molecule has 0 unspecified atom stereocenters. The second kappa shape index (κ2) is 3.82. The second-order valence-electron chi connectivity index (χ2n) is 3.24. The van der Waals surface area contributed by atoms with Crippen molar-refractivity contribution in [2.24, 2.45) is 0 Å². The van der Waals surface area contributed by atoms with Crippen LogP contribution in [-0.2, 0) is 0 Å². The van der Waals surface area contributed by atoms with Gasteiger partial charge in [-0.05, 0) is 7.05 Å². The molecule has 5 heteroatoms. The summed E-state index contributed by atoms with van der Waals surface area (Å²) in [6.07, 6.45) is 0. The first-order chi connectivity index (χ1) is 6.25. The number of thiazole rings is 1. The van der Waals surface area contributed by atoms with Crippen LogP contribution in [0.15, 0.2) is 5.38 Å². The molecular weight excluding hydrogens is 206 g/mol. The lowest BCUT2D eigenvalue weighted by Crippen LogP contribution is -2.44. The molecule has 1 fully saturated rings. The van der Waals surface area contributed by atoms with Gasteiger partial charge in [-0.2, -0.15) is 0 Å². The summed E-state index contributed by atoms with van der Waals surface area (Å²) < 4.78 is 0. The van der Waals surface area contributed by atoms with E-state index in [9.17, 15) is 0 Å². The molecule has 13 heavy (non-hydrogen) atoms. The summed E-state index contributed by atoms with van der Waals surface area (Å²) in [7, 11) is 2.15. The fraction of sp³-hybridized carbons (Fsp3) is 0.625. The van der Waals surface area contributed by atoms with Gasteiger partial charge in [0.25, 0.3) is 0 Å². The molecule has 1 saturated heterocycles. The van der Waals surface area contributed by atoms with Crippen LogP contribution >= 0.6 is 22.9 Å².